The zero-order valence-electron chi connectivity index (χ0n) is 15.9. The van der Waals surface area contributed by atoms with Gasteiger partial charge in [-0.3, -0.25) is 19.9 Å². The number of carbonyl (C=O) groups is 2. The van der Waals surface area contributed by atoms with E-state index in [-0.39, 0.29) is 23.4 Å². The maximum atomic E-state index is 12.7. The average Bonchev–Trinajstić information content (AvgIpc) is 2.97. The first-order valence-electron chi connectivity index (χ1n) is 9.22. The van der Waals surface area contributed by atoms with Gasteiger partial charge in [0.2, 0.25) is 11.8 Å². The zero-order chi connectivity index (χ0) is 20.1. The molecule has 0 saturated carbocycles. The van der Waals surface area contributed by atoms with Crippen LogP contribution in [0.5, 0.6) is 5.75 Å². The first-order chi connectivity index (χ1) is 13.5. The van der Waals surface area contributed by atoms with Gasteiger partial charge in [0.1, 0.15) is 11.0 Å². The summed E-state index contributed by atoms with van der Waals surface area (Å²) in [6.07, 6.45) is 0.928. The second-order valence-corrected chi connectivity index (χ2v) is 7.51. The molecule has 2 amide bonds. The van der Waals surface area contributed by atoms with Crippen molar-refractivity contribution in [3.63, 3.8) is 0 Å². The number of amidine groups is 1. The molecule has 1 aliphatic heterocycles. The topological polar surface area (TPSA) is 82.5 Å². The quantitative estimate of drug-likeness (QED) is 0.738. The van der Waals surface area contributed by atoms with Crippen LogP contribution in [0.2, 0.25) is 0 Å². The number of aryl methyl sites for hydroxylation is 1. The second kappa shape index (κ2) is 8.93. The molecule has 3 rings (SSSR count). The van der Waals surface area contributed by atoms with Crippen molar-refractivity contribution in [3.8, 4) is 5.75 Å². The van der Waals surface area contributed by atoms with E-state index in [1.807, 2.05) is 31.2 Å². The third kappa shape index (κ3) is 4.54. The highest BCUT2D eigenvalue weighted by Crippen LogP contribution is 2.33. The van der Waals surface area contributed by atoms with Gasteiger partial charge in [0.15, 0.2) is 5.17 Å². The van der Waals surface area contributed by atoms with Gasteiger partial charge in [-0.15, -0.1) is 0 Å². The molecule has 1 saturated heterocycles. The fourth-order valence-corrected chi connectivity index (χ4v) is 3.93. The Morgan fingerprint density at radius 2 is 1.82 bits per heavy atom. The molecule has 2 aromatic carbocycles. The largest absolute Gasteiger partial charge is 0.494 e. The molecule has 2 N–H and O–H groups in total. The van der Waals surface area contributed by atoms with Crippen molar-refractivity contribution in [2.75, 3.05) is 16.8 Å². The first kappa shape index (κ1) is 19.9. The van der Waals surface area contributed by atoms with Crippen LogP contribution in [-0.2, 0) is 16.0 Å². The van der Waals surface area contributed by atoms with Gasteiger partial charge in [-0.25, -0.2) is 0 Å². The Labute approximate surface area is 168 Å². The van der Waals surface area contributed by atoms with Crippen molar-refractivity contribution in [2.45, 2.75) is 31.9 Å². The van der Waals surface area contributed by atoms with Gasteiger partial charge in [0, 0.05) is 12.1 Å². The van der Waals surface area contributed by atoms with Crippen LogP contribution in [0.4, 0.5) is 11.4 Å². The molecule has 7 heteroatoms. The number of carbonyl (C=O) groups excluding carboxylic acids is 2. The lowest BCUT2D eigenvalue weighted by atomic mass is 10.1. The van der Waals surface area contributed by atoms with Gasteiger partial charge in [-0.1, -0.05) is 30.8 Å². The molecule has 0 radical (unpaired) electrons. The SMILES string of the molecule is CCOc1ccc(NC(=O)CC2SC(=N)N(c3ccc(CC)cc3)C2=O)cc1. The van der Waals surface area contributed by atoms with E-state index >= 15 is 0 Å². The third-order valence-corrected chi connectivity index (χ3v) is 5.43. The van der Waals surface area contributed by atoms with Crippen molar-refractivity contribution in [3.05, 3.63) is 54.1 Å². The predicted molar refractivity (Wildman–Crippen MR) is 113 cm³/mol. The van der Waals surface area contributed by atoms with Crippen LogP contribution in [0, 0.1) is 5.41 Å². The minimum atomic E-state index is -0.596. The van der Waals surface area contributed by atoms with Gasteiger partial charge >= 0.3 is 0 Å². The van der Waals surface area contributed by atoms with Crippen LogP contribution >= 0.6 is 11.8 Å². The lowest BCUT2D eigenvalue weighted by Crippen LogP contribution is -2.33. The van der Waals surface area contributed by atoms with Crippen LogP contribution < -0.4 is 15.0 Å². The molecule has 1 atom stereocenters. The van der Waals surface area contributed by atoms with Crippen LogP contribution in [0.3, 0.4) is 0 Å². The number of benzene rings is 2. The molecule has 1 unspecified atom stereocenters. The fraction of sp³-hybridized carbons (Fsp3) is 0.286. The summed E-state index contributed by atoms with van der Waals surface area (Å²) < 4.78 is 5.38. The zero-order valence-corrected chi connectivity index (χ0v) is 16.7. The Morgan fingerprint density at radius 3 is 2.43 bits per heavy atom. The number of thioether (sulfide) groups is 1. The molecular formula is C21H23N3O3S. The Balaban J connectivity index is 1.61. The Hall–Kier alpha value is -2.80. The summed E-state index contributed by atoms with van der Waals surface area (Å²) in [5.41, 5.74) is 2.47. The summed E-state index contributed by atoms with van der Waals surface area (Å²) in [6.45, 7) is 4.55. The fourth-order valence-electron chi connectivity index (χ4n) is 2.92. The van der Waals surface area contributed by atoms with Crippen LogP contribution in [0.25, 0.3) is 0 Å². The highest BCUT2D eigenvalue weighted by atomic mass is 32.2. The van der Waals surface area contributed by atoms with Crippen molar-refractivity contribution in [1.29, 1.82) is 5.41 Å². The highest BCUT2D eigenvalue weighted by molar-refractivity contribution is 8.16. The smallest absolute Gasteiger partial charge is 0.247 e. The van der Waals surface area contributed by atoms with E-state index in [0.29, 0.717) is 18.0 Å². The van der Waals surface area contributed by atoms with E-state index < -0.39 is 5.25 Å². The maximum Gasteiger partial charge on any atom is 0.247 e. The van der Waals surface area contributed by atoms with E-state index in [4.69, 9.17) is 10.1 Å². The summed E-state index contributed by atoms with van der Waals surface area (Å²) in [4.78, 5) is 26.5. The van der Waals surface area contributed by atoms with Crippen molar-refractivity contribution in [1.82, 2.24) is 0 Å². The Kier molecular flexibility index (Phi) is 6.36. The number of hydrogen-bond acceptors (Lipinski definition) is 5. The summed E-state index contributed by atoms with van der Waals surface area (Å²) >= 11 is 1.11. The van der Waals surface area contributed by atoms with E-state index in [9.17, 15) is 9.59 Å². The van der Waals surface area contributed by atoms with E-state index in [2.05, 4.69) is 12.2 Å². The Bertz CT molecular complexity index is 865. The molecular weight excluding hydrogens is 374 g/mol. The van der Waals surface area contributed by atoms with E-state index in [0.717, 1.165) is 23.9 Å². The molecule has 2 aromatic rings. The number of nitrogens with zero attached hydrogens (tertiary/aromatic N) is 1. The minimum Gasteiger partial charge on any atom is -0.494 e. The number of rotatable bonds is 7. The minimum absolute atomic E-state index is 0.0165. The lowest BCUT2D eigenvalue weighted by Gasteiger charge is -2.16. The lowest BCUT2D eigenvalue weighted by molar-refractivity contribution is -0.121. The molecule has 146 valence electrons. The molecule has 6 nitrogen and oxygen atoms in total. The maximum absolute atomic E-state index is 12.7. The number of ether oxygens (including phenoxy) is 1. The molecule has 1 fully saturated rings. The summed E-state index contributed by atoms with van der Waals surface area (Å²) in [5, 5.41) is 10.5. The van der Waals surface area contributed by atoms with E-state index in [1.165, 1.54) is 10.5 Å². The summed E-state index contributed by atoms with van der Waals surface area (Å²) in [5.74, 6) is 0.243. The number of anilines is 2. The summed E-state index contributed by atoms with van der Waals surface area (Å²) in [7, 11) is 0. The van der Waals surface area contributed by atoms with Crippen LogP contribution in [0.15, 0.2) is 48.5 Å². The van der Waals surface area contributed by atoms with E-state index in [1.54, 1.807) is 24.3 Å². The van der Waals surface area contributed by atoms with Gasteiger partial charge in [0.25, 0.3) is 0 Å². The number of nitrogens with one attached hydrogen (secondary N) is 2. The van der Waals surface area contributed by atoms with Crippen molar-refractivity contribution in [2.24, 2.45) is 0 Å². The molecule has 0 aromatic heterocycles. The third-order valence-electron chi connectivity index (χ3n) is 4.38. The molecule has 28 heavy (non-hydrogen) atoms. The van der Waals surface area contributed by atoms with Crippen LogP contribution in [0.1, 0.15) is 25.8 Å². The molecule has 0 aliphatic carbocycles. The molecule has 1 aliphatic rings. The number of amides is 2. The molecule has 1 heterocycles. The average molecular weight is 398 g/mol. The van der Waals surface area contributed by atoms with Gasteiger partial charge in [-0.05, 0) is 55.3 Å². The second-order valence-electron chi connectivity index (χ2n) is 6.31. The predicted octanol–water partition coefficient (Wildman–Crippen LogP) is 4.06. The van der Waals surface area contributed by atoms with Crippen molar-refractivity contribution >= 4 is 40.1 Å². The van der Waals surface area contributed by atoms with Gasteiger partial charge < -0.3 is 10.1 Å². The standard InChI is InChI=1S/C21H23N3O3S/c1-3-14-5-9-16(10-6-14)24-20(26)18(28-21(24)22)13-19(25)23-15-7-11-17(12-8-15)27-4-2/h5-12,18,22H,3-4,13H2,1-2H3,(H,23,25). The highest BCUT2D eigenvalue weighted by Gasteiger charge is 2.39. The summed E-state index contributed by atoms with van der Waals surface area (Å²) in [6, 6.07) is 14.7. The number of hydrogen-bond donors (Lipinski definition) is 2. The Morgan fingerprint density at radius 1 is 1.14 bits per heavy atom. The van der Waals surface area contributed by atoms with Crippen molar-refractivity contribution < 1.29 is 14.3 Å². The van der Waals surface area contributed by atoms with Crippen LogP contribution in [-0.4, -0.2) is 28.8 Å². The molecule has 0 spiro atoms. The van der Waals surface area contributed by atoms with Gasteiger partial charge in [-0.2, -0.15) is 0 Å². The van der Waals surface area contributed by atoms with Gasteiger partial charge in [0.05, 0.1) is 12.3 Å². The first-order valence-corrected chi connectivity index (χ1v) is 10.1. The normalized spacial score (nSPS) is 16.4. The molecule has 0 bridgehead atoms. The monoisotopic (exact) mass is 397 g/mol.